The summed E-state index contributed by atoms with van der Waals surface area (Å²) in [5.41, 5.74) is 2.68. The Bertz CT molecular complexity index is 2690. The number of sulfonamides is 2. The average molecular weight is 1070 g/mol. The maximum absolute atomic E-state index is 13.8. The fourth-order valence-electron chi connectivity index (χ4n) is 6.50. The fourth-order valence-corrected chi connectivity index (χ4v) is 10.8. The lowest BCUT2D eigenvalue weighted by atomic mass is 9.99. The Labute approximate surface area is 404 Å². The molecule has 0 saturated heterocycles. The van der Waals surface area contributed by atoms with Gasteiger partial charge in [-0.3, -0.25) is 0 Å². The SMILES string of the molecule is COC(=O)c1cc(Br)cc(S(=O)(=O)N(Cc2ccc(OC)cc2)Cc2ccc(OC)cc2)c1.COc1ccc(CN(Cc2ccc(OC)cc2)S(=O)(=O)c2cc(Br)cc(C(C)(C)O)c2)cc1. The second kappa shape index (κ2) is 23.0. The van der Waals surface area contributed by atoms with Gasteiger partial charge in [0.1, 0.15) is 23.0 Å². The number of ether oxygens (including phenoxy) is 5. The molecule has 0 bridgehead atoms. The summed E-state index contributed by atoms with van der Waals surface area (Å²) in [4.78, 5) is 12.1. The standard InChI is InChI=1S/C25H28BrNO5S.C24H24BrNO6S/c1-25(2,28)20-13-21(26)15-24(14-20)33(29,30)27(16-18-5-9-22(31-3)10-6-18)17-19-7-11-23(32-4)12-8-19;1-30-21-8-4-17(5-9-21)15-26(16-18-6-10-22(31-2)11-7-18)33(28,29)23-13-19(24(27)32-3)12-20(25)14-23/h5-15,28H,16-17H2,1-4H3;4-14H,15-16H2,1-3H3. The van der Waals surface area contributed by atoms with Crippen LogP contribution in [0, 0.1) is 0 Å². The molecule has 17 heteroatoms. The van der Waals surface area contributed by atoms with Crippen molar-refractivity contribution in [1.82, 2.24) is 8.61 Å². The minimum Gasteiger partial charge on any atom is -0.497 e. The van der Waals surface area contributed by atoms with E-state index in [4.69, 9.17) is 23.7 Å². The molecular formula is C49H52Br2N2O11S2. The summed E-state index contributed by atoms with van der Waals surface area (Å²) in [5.74, 6) is 2.14. The molecule has 13 nitrogen and oxygen atoms in total. The van der Waals surface area contributed by atoms with Crippen molar-refractivity contribution in [2.75, 3.05) is 35.5 Å². The van der Waals surface area contributed by atoms with Crippen LogP contribution in [0.25, 0.3) is 0 Å². The van der Waals surface area contributed by atoms with Crippen LogP contribution in [0.15, 0.2) is 152 Å². The minimum atomic E-state index is -3.98. The topological polar surface area (TPSA) is 158 Å². The summed E-state index contributed by atoms with van der Waals surface area (Å²) < 4.78 is 84.4. The number of hydrogen-bond acceptors (Lipinski definition) is 11. The van der Waals surface area contributed by atoms with E-state index in [0.29, 0.717) is 37.5 Å². The van der Waals surface area contributed by atoms with Crippen LogP contribution >= 0.6 is 31.9 Å². The zero-order chi connectivity index (χ0) is 48.2. The van der Waals surface area contributed by atoms with Crippen LogP contribution in [0.4, 0.5) is 0 Å². The van der Waals surface area contributed by atoms with Crippen molar-refractivity contribution in [3.05, 3.63) is 176 Å². The highest BCUT2D eigenvalue weighted by atomic mass is 79.9. The molecule has 0 saturated carbocycles. The molecule has 6 rings (SSSR count). The second-order valence-corrected chi connectivity index (χ2v) is 21.0. The maximum atomic E-state index is 13.8. The van der Waals surface area contributed by atoms with Crippen LogP contribution < -0.4 is 18.9 Å². The predicted octanol–water partition coefficient (Wildman–Crippen LogP) is 9.73. The molecular weight excluding hydrogens is 1020 g/mol. The molecule has 6 aromatic carbocycles. The summed E-state index contributed by atoms with van der Waals surface area (Å²) in [6.07, 6.45) is 0. The quantitative estimate of drug-likeness (QED) is 0.0818. The molecule has 0 aromatic heterocycles. The molecule has 0 aliphatic rings. The van der Waals surface area contributed by atoms with Crippen molar-refractivity contribution in [2.24, 2.45) is 0 Å². The molecule has 66 heavy (non-hydrogen) atoms. The van der Waals surface area contributed by atoms with Crippen LogP contribution in [0.2, 0.25) is 0 Å². The van der Waals surface area contributed by atoms with E-state index < -0.39 is 31.6 Å². The van der Waals surface area contributed by atoms with E-state index in [1.165, 1.54) is 40.0 Å². The van der Waals surface area contributed by atoms with Crippen LogP contribution in [0.5, 0.6) is 23.0 Å². The molecule has 0 radical (unpaired) electrons. The van der Waals surface area contributed by atoms with Gasteiger partial charge in [-0.1, -0.05) is 80.4 Å². The van der Waals surface area contributed by atoms with Gasteiger partial charge >= 0.3 is 5.97 Å². The lowest BCUT2D eigenvalue weighted by molar-refractivity contribution is 0.0600. The molecule has 0 atom stereocenters. The van der Waals surface area contributed by atoms with E-state index >= 15 is 0 Å². The zero-order valence-corrected chi connectivity index (χ0v) is 42.3. The number of methoxy groups -OCH3 is 5. The Balaban J connectivity index is 0.000000247. The summed E-state index contributed by atoms with van der Waals surface area (Å²) in [5, 5.41) is 10.5. The Morgan fingerprint density at radius 3 is 1.09 bits per heavy atom. The van der Waals surface area contributed by atoms with Crippen molar-refractivity contribution >= 4 is 57.9 Å². The minimum absolute atomic E-state index is 0.0145. The number of aliphatic hydroxyl groups is 1. The Morgan fingerprint density at radius 1 is 0.500 bits per heavy atom. The summed E-state index contributed by atoms with van der Waals surface area (Å²) >= 11 is 6.69. The van der Waals surface area contributed by atoms with Crippen molar-refractivity contribution in [3.8, 4) is 23.0 Å². The number of carbonyl (C=O) groups excluding carboxylic acids is 1. The fraction of sp³-hybridized carbons (Fsp3) is 0.245. The lowest BCUT2D eigenvalue weighted by Crippen LogP contribution is -2.30. The first-order chi connectivity index (χ1) is 31.3. The third kappa shape index (κ3) is 13.9. The van der Waals surface area contributed by atoms with Gasteiger partial charge < -0.3 is 28.8 Å². The number of hydrogen-bond donors (Lipinski definition) is 1. The highest BCUT2D eigenvalue weighted by molar-refractivity contribution is 9.10. The molecule has 0 unspecified atom stereocenters. The van der Waals surface area contributed by atoms with Gasteiger partial charge in [0.05, 0.1) is 56.5 Å². The third-order valence-electron chi connectivity index (χ3n) is 10.2. The van der Waals surface area contributed by atoms with Crippen LogP contribution in [0.3, 0.4) is 0 Å². The van der Waals surface area contributed by atoms with E-state index in [2.05, 4.69) is 31.9 Å². The van der Waals surface area contributed by atoms with Gasteiger partial charge in [-0.25, -0.2) is 21.6 Å². The predicted molar refractivity (Wildman–Crippen MR) is 260 cm³/mol. The normalized spacial score (nSPS) is 11.7. The van der Waals surface area contributed by atoms with E-state index in [0.717, 1.165) is 22.3 Å². The molecule has 1 N–H and O–H groups in total. The number of esters is 1. The van der Waals surface area contributed by atoms with Crippen molar-refractivity contribution in [1.29, 1.82) is 0 Å². The lowest BCUT2D eigenvalue weighted by Gasteiger charge is -2.25. The summed E-state index contributed by atoms with van der Waals surface area (Å²) in [7, 11) is -0.325. The molecule has 0 aliphatic heterocycles. The average Bonchev–Trinajstić information content (AvgIpc) is 3.31. The van der Waals surface area contributed by atoms with Gasteiger partial charge in [0.15, 0.2) is 0 Å². The van der Waals surface area contributed by atoms with Gasteiger partial charge in [-0.2, -0.15) is 8.61 Å². The van der Waals surface area contributed by atoms with E-state index in [-0.39, 0.29) is 41.5 Å². The van der Waals surface area contributed by atoms with Crippen molar-refractivity contribution in [3.63, 3.8) is 0 Å². The van der Waals surface area contributed by atoms with Gasteiger partial charge in [-0.15, -0.1) is 0 Å². The largest absolute Gasteiger partial charge is 0.497 e. The zero-order valence-electron chi connectivity index (χ0n) is 37.5. The maximum Gasteiger partial charge on any atom is 0.337 e. The molecule has 350 valence electrons. The van der Waals surface area contributed by atoms with Crippen molar-refractivity contribution in [2.45, 2.75) is 55.4 Å². The smallest absolute Gasteiger partial charge is 0.337 e. The van der Waals surface area contributed by atoms with Gasteiger partial charge in [-0.05, 0) is 127 Å². The number of halogens is 2. The van der Waals surface area contributed by atoms with Gasteiger partial charge in [0.25, 0.3) is 0 Å². The molecule has 0 fully saturated rings. The molecule has 0 amide bonds. The van der Waals surface area contributed by atoms with Gasteiger partial charge in [0.2, 0.25) is 20.0 Å². The summed E-state index contributed by atoms with van der Waals surface area (Å²) in [6, 6.07) is 38.1. The first kappa shape index (κ1) is 51.7. The van der Waals surface area contributed by atoms with Crippen molar-refractivity contribution < 1.29 is 50.4 Å². The van der Waals surface area contributed by atoms with Crippen LogP contribution in [0.1, 0.15) is 52.0 Å². The first-order valence-corrected chi connectivity index (χ1v) is 24.7. The first-order valence-electron chi connectivity index (χ1n) is 20.2. The van der Waals surface area contributed by atoms with E-state index in [9.17, 15) is 26.7 Å². The highest BCUT2D eigenvalue weighted by Crippen LogP contribution is 2.31. The molecule has 0 spiro atoms. The Hall–Kier alpha value is -5.27. The number of nitrogens with zero attached hydrogens (tertiary/aromatic N) is 2. The number of carbonyl (C=O) groups is 1. The number of rotatable bonds is 18. The molecule has 6 aromatic rings. The third-order valence-corrected chi connectivity index (χ3v) is 14.7. The second-order valence-electron chi connectivity index (χ2n) is 15.3. The number of benzene rings is 6. The van der Waals surface area contributed by atoms with Gasteiger partial charge in [0, 0.05) is 35.1 Å². The van der Waals surface area contributed by atoms with Crippen LogP contribution in [-0.2, 0) is 56.6 Å². The monoisotopic (exact) mass is 1070 g/mol. The summed E-state index contributed by atoms with van der Waals surface area (Å²) in [6.45, 7) is 3.83. The molecule has 0 heterocycles. The molecule has 0 aliphatic carbocycles. The van der Waals surface area contributed by atoms with E-state index in [1.54, 1.807) is 103 Å². The van der Waals surface area contributed by atoms with Crippen LogP contribution in [-0.4, -0.2) is 72.1 Å². The Morgan fingerprint density at radius 2 is 0.803 bits per heavy atom. The van der Waals surface area contributed by atoms with E-state index in [1.807, 2.05) is 48.5 Å². The Kier molecular flexibility index (Phi) is 18.0. The highest BCUT2D eigenvalue weighted by Gasteiger charge is 2.29.